The lowest BCUT2D eigenvalue weighted by molar-refractivity contribution is 0.0955. The van der Waals surface area contributed by atoms with Gasteiger partial charge in [-0.1, -0.05) is 46.3 Å². The van der Waals surface area contributed by atoms with Gasteiger partial charge in [-0.15, -0.1) is 24.0 Å². The molecule has 2 aromatic carbocycles. The third-order valence-corrected chi connectivity index (χ3v) is 4.69. The Morgan fingerprint density at radius 3 is 2.56 bits per heavy atom. The van der Waals surface area contributed by atoms with Gasteiger partial charge in [-0.3, -0.25) is 9.79 Å². The van der Waals surface area contributed by atoms with Crippen molar-refractivity contribution in [2.75, 3.05) is 20.6 Å². The second-order valence-electron chi connectivity index (χ2n) is 5.91. The summed E-state index contributed by atoms with van der Waals surface area (Å²) in [5.74, 6) is 0.744. The van der Waals surface area contributed by atoms with Crippen LogP contribution in [0.5, 0.6) is 0 Å². The van der Waals surface area contributed by atoms with Crippen molar-refractivity contribution in [1.82, 2.24) is 15.5 Å². The molecule has 0 saturated carbocycles. The van der Waals surface area contributed by atoms with Crippen LogP contribution in [0.2, 0.25) is 0 Å². The minimum absolute atomic E-state index is 0. The van der Waals surface area contributed by atoms with Gasteiger partial charge in [0.2, 0.25) is 0 Å². The van der Waals surface area contributed by atoms with Gasteiger partial charge < -0.3 is 15.5 Å². The molecule has 0 bridgehead atoms. The smallest absolute Gasteiger partial charge is 0.251 e. The van der Waals surface area contributed by atoms with Crippen LogP contribution in [0.3, 0.4) is 0 Å². The van der Waals surface area contributed by atoms with Gasteiger partial charge in [-0.05, 0) is 36.2 Å². The molecule has 0 atom stereocenters. The SMILES string of the molecule is CCNC(=O)c1cccc(CNC(=NC)N(C)Cc2ccccc2Br)c1.I. The van der Waals surface area contributed by atoms with Crippen LogP contribution in [0.4, 0.5) is 0 Å². The van der Waals surface area contributed by atoms with E-state index in [0.717, 1.165) is 22.5 Å². The number of amides is 1. The standard InChI is InChI=1S/C20H25BrN4O.HI/c1-4-23-19(26)16-10-7-8-15(12-16)13-24-20(22-2)25(3)14-17-9-5-6-11-18(17)21;/h5-12H,4,13-14H2,1-3H3,(H,22,24)(H,23,26);1H. The monoisotopic (exact) mass is 544 g/mol. The Hall–Kier alpha value is -1.61. The number of aliphatic imine (C=N–C) groups is 1. The zero-order chi connectivity index (χ0) is 18.9. The average Bonchev–Trinajstić information content (AvgIpc) is 2.64. The molecule has 146 valence electrons. The van der Waals surface area contributed by atoms with E-state index in [-0.39, 0.29) is 29.9 Å². The fraction of sp³-hybridized carbons (Fsp3) is 0.300. The van der Waals surface area contributed by atoms with E-state index in [1.807, 2.05) is 56.4 Å². The van der Waals surface area contributed by atoms with Crippen molar-refractivity contribution in [3.63, 3.8) is 0 Å². The molecular formula is C20H26BrIN4O. The van der Waals surface area contributed by atoms with E-state index >= 15 is 0 Å². The minimum atomic E-state index is -0.0511. The average molecular weight is 545 g/mol. The van der Waals surface area contributed by atoms with Gasteiger partial charge in [0.15, 0.2) is 5.96 Å². The fourth-order valence-corrected chi connectivity index (χ4v) is 3.02. The van der Waals surface area contributed by atoms with Crippen LogP contribution in [-0.4, -0.2) is 37.4 Å². The summed E-state index contributed by atoms with van der Waals surface area (Å²) < 4.78 is 1.08. The van der Waals surface area contributed by atoms with E-state index in [1.54, 1.807) is 7.05 Å². The number of carbonyl (C=O) groups excluding carboxylic acids is 1. The van der Waals surface area contributed by atoms with Gasteiger partial charge in [-0.2, -0.15) is 0 Å². The molecule has 0 fully saturated rings. The van der Waals surface area contributed by atoms with Gasteiger partial charge >= 0.3 is 0 Å². The molecule has 0 aliphatic carbocycles. The predicted molar refractivity (Wildman–Crippen MR) is 126 cm³/mol. The second kappa shape index (κ2) is 12.0. The van der Waals surface area contributed by atoms with Crippen LogP contribution in [-0.2, 0) is 13.1 Å². The molecule has 0 aliphatic heterocycles. The van der Waals surface area contributed by atoms with Gasteiger partial charge in [0.25, 0.3) is 5.91 Å². The summed E-state index contributed by atoms with van der Waals surface area (Å²) in [6.45, 7) is 3.86. The van der Waals surface area contributed by atoms with Crippen molar-refractivity contribution in [3.05, 3.63) is 69.7 Å². The molecule has 1 amide bonds. The number of nitrogens with zero attached hydrogens (tertiary/aromatic N) is 2. The van der Waals surface area contributed by atoms with Gasteiger partial charge in [-0.25, -0.2) is 0 Å². The van der Waals surface area contributed by atoms with Crippen molar-refractivity contribution in [2.45, 2.75) is 20.0 Å². The van der Waals surface area contributed by atoms with Crippen molar-refractivity contribution < 1.29 is 4.79 Å². The first-order chi connectivity index (χ1) is 12.5. The molecular weight excluding hydrogens is 519 g/mol. The molecule has 0 saturated heterocycles. The molecule has 0 spiro atoms. The molecule has 7 heteroatoms. The Bertz CT molecular complexity index is 782. The molecule has 0 radical (unpaired) electrons. The Labute approximate surface area is 186 Å². The molecule has 0 aromatic heterocycles. The Morgan fingerprint density at radius 1 is 1.15 bits per heavy atom. The number of guanidine groups is 1. The van der Waals surface area contributed by atoms with Crippen LogP contribution in [0.15, 0.2) is 58.0 Å². The summed E-state index contributed by atoms with van der Waals surface area (Å²) in [6, 6.07) is 15.8. The molecule has 0 unspecified atom stereocenters. The summed E-state index contributed by atoms with van der Waals surface area (Å²) in [7, 11) is 3.77. The summed E-state index contributed by atoms with van der Waals surface area (Å²) >= 11 is 3.58. The Morgan fingerprint density at radius 2 is 1.89 bits per heavy atom. The molecule has 5 nitrogen and oxygen atoms in total. The maximum absolute atomic E-state index is 12.0. The molecule has 27 heavy (non-hydrogen) atoms. The van der Waals surface area contributed by atoms with Crippen LogP contribution < -0.4 is 10.6 Å². The highest BCUT2D eigenvalue weighted by molar-refractivity contribution is 14.0. The molecule has 2 N–H and O–H groups in total. The first-order valence-electron chi connectivity index (χ1n) is 8.57. The highest BCUT2D eigenvalue weighted by atomic mass is 127. The number of rotatable bonds is 6. The first-order valence-corrected chi connectivity index (χ1v) is 9.36. The summed E-state index contributed by atoms with van der Waals surface area (Å²) in [4.78, 5) is 18.4. The van der Waals surface area contributed by atoms with Gasteiger partial charge in [0.1, 0.15) is 0 Å². The van der Waals surface area contributed by atoms with Crippen LogP contribution >= 0.6 is 39.9 Å². The Balaban J connectivity index is 0.00000364. The number of halogens is 2. The lowest BCUT2D eigenvalue weighted by Gasteiger charge is -2.23. The van der Waals surface area contributed by atoms with Gasteiger partial charge in [0.05, 0.1) is 0 Å². The fourth-order valence-electron chi connectivity index (χ4n) is 2.61. The van der Waals surface area contributed by atoms with E-state index in [9.17, 15) is 4.79 Å². The highest BCUT2D eigenvalue weighted by Crippen LogP contribution is 2.17. The summed E-state index contributed by atoms with van der Waals surface area (Å²) in [5, 5.41) is 6.17. The summed E-state index contributed by atoms with van der Waals surface area (Å²) in [6.07, 6.45) is 0. The lowest BCUT2D eigenvalue weighted by Crippen LogP contribution is -2.38. The third kappa shape index (κ3) is 7.14. The maximum atomic E-state index is 12.0. The first kappa shape index (κ1) is 23.4. The number of nitrogens with one attached hydrogen (secondary N) is 2. The zero-order valence-corrected chi connectivity index (χ0v) is 19.7. The van der Waals surface area contributed by atoms with Crippen molar-refractivity contribution in [3.8, 4) is 0 Å². The Kier molecular flexibility index (Phi) is 10.4. The van der Waals surface area contributed by atoms with E-state index in [1.165, 1.54) is 5.56 Å². The van der Waals surface area contributed by atoms with Crippen molar-refractivity contribution in [1.29, 1.82) is 0 Å². The quantitative estimate of drug-likeness (QED) is 0.328. The normalized spacial score (nSPS) is 10.7. The zero-order valence-electron chi connectivity index (χ0n) is 15.8. The largest absolute Gasteiger partial charge is 0.352 e. The molecule has 0 heterocycles. The van der Waals surface area contributed by atoms with E-state index < -0.39 is 0 Å². The van der Waals surface area contributed by atoms with Crippen molar-refractivity contribution in [2.24, 2.45) is 4.99 Å². The maximum Gasteiger partial charge on any atom is 0.251 e. The predicted octanol–water partition coefficient (Wildman–Crippen LogP) is 4.02. The van der Waals surface area contributed by atoms with Crippen molar-refractivity contribution >= 4 is 51.8 Å². The molecule has 0 aliphatic rings. The second-order valence-corrected chi connectivity index (χ2v) is 6.76. The number of hydrogen-bond donors (Lipinski definition) is 2. The number of carbonyl (C=O) groups is 1. The number of benzene rings is 2. The topological polar surface area (TPSA) is 56.7 Å². The van der Waals surface area contributed by atoms with E-state index in [0.29, 0.717) is 18.7 Å². The highest BCUT2D eigenvalue weighted by Gasteiger charge is 2.09. The summed E-state index contributed by atoms with van der Waals surface area (Å²) in [5.41, 5.74) is 2.89. The van der Waals surface area contributed by atoms with Crippen LogP contribution in [0.25, 0.3) is 0 Å². The van der Waals surface area contributed by atoms with E-state index in [2.05, 4.69) is 42.5 Å². The van der Waals surface area contributed by atoms with E-state index in [4.69, 9.17) is 0 Å². The van der Waals surface area contributed by atoms with Crippen LogP contribution in [0, 0.1) is 0 Å². The van der Waals surface area contributed by atoms with Gasteiger partial charge in [0, 0.05) is 43.8 Å². The molecule has 2 aromatic rings. The molecule has 2 rings (SSSR count). The third-order valence-electron chi connectivity index (χ3n) is 3.92. The number of hydrogen-bond acceptors (Lipinski definition) is 2. The minimum Gasteiger partial charge on any atom is -0.352 e. The lowest BCUT2D eigenvalue weighted by atomic mass is 10.1. The van der Waals surface area contributed by atoms with Crippen LogP contribution in [0.1, 0.15) is 28.4 Å².